The van der Waals surface area contributed by atoms with Gasteiger partial charge in [-0.25, -0.2) is 4.39 Å². The summed E-state index contributed by atoms with van der Waals surface area (Å²) in [7, 11) is 1.31. The zero-order valence-electron chi connectivity index (χ0n) is 10.7. The summed E-state index contributed by atoms with van der Waals surface area (Å²) in [6, 6.07) is 4.70. The lowest BCUT2D eigenvalue weighted by Crippen LogP contribution is -2.27. The molecule has 1 unspecified atom stereocenters. The van der Waals surface area contributed by atoms with Gasteiger partial charge in [0.25, 0.3) is 0 Å². The smallest absolute Gasteiger partial charge is 0.305 e. The molecule has 1 aromatic rings. The number of methoxy groups -OCH3 is 1. The van der Waals surface area contributed by atoms with Crippen LogP contribution in [0.5, 0.6) is 0 Å². The van der Waals surface area contributed by atoms with Crippen LogP contribution in [-0.4, -0.2) is 30.8 Å². The number of ether oxygens (including phenoxy) is 1. The quantitative estimate of drug-likeness (QED) is 0.749. The van der Waals surface area contributed by atoms with Gasteiger partial charge in [0.1, 0.15) is 5.82 Å². The van der Waals surface area contributed by atoms with Crippen molar-refractivity contribution in [1.29, 1.82) is 0 Å². The van der Waals surface area contributed by atoms with Gasteiger partial charge in [-0.1, -0.05) is 15.9 Å². The van der Waals surface area contributed by atoms with Crippen LogP contribution in [0.2, 0.25) is 0 Å². The first kappa shape index (κ1) is 16.1. The molecule has 0 bridgehead atoms. The Bertz CT molecular complexity index is 428. The van der Waals surface area contributed by atoms with Crippen LogP contribution in [-0.2, 0) is 16.1 Å². The van der Waals surface area contributed by atoms with Gasteiger partial charge in [0.2, 0.25) is 0 Å². The molecule has 1 aromatic carbocycles. The van der Waals surface area contributed by atoms with Crippen molar-refractivity contribution in [3.05, 3.63) is 34.1 Å². The summed E-state index contributed by atoms with van der Waals surface area (Å²) >= 11 is 3.27. The maximum atomic E-state index is 13.4. The van der Waals surface area contributed by atoms with E-state index in [1.165, 1.54) is 13.2 Å². The summed E-state index contributed by atoms with van der Waals surface area (Å²) < 4.78 is 18.7. The van der Waals surface area contributed by atoms with Crippen LogP contribution in [0, 0.1) is 5.82 Å². The zero-order chi connectivity index (χ0) is 14.3. The molecule has 0 heterocycles. The molecule has 4 nitrogen and oxygen atoms in total. The number of carbonyl (C=O) groups excluding carboxylic acids is 1. The fraction of sp³-hybridized carbons (Fsp3) is 0.462. The topological polar surface area (TPSA) is 58.6 Å². The molecule has 1 rings (SSSR count). The minimum Gasteiger partial charge on any atom is -0.469 e. The van der Waals surface area contributed by atoms with Crippen molar-refractivity contribution < 1.29 is 19.0 Å². The van der Waals surface area contributed by atoms with Gasteiger partial charge in [0, 0.05) is 29.5 Å². The van der Waals surface area contributed by atoms with E-state index in [2.05, 4.69) is 26.0 Å². The van der Waals surface area contributed by atoms with Gasteiger partial charge in [-0.15, -0.1) is 0 Å². The summed E-state index contributed by atoms with van der Waals surface area (Å²) in [6.07, 6.45) is -0.167. The second-order valence-corrected chi connectivity index (χ2v) is 5.05. The van der Waals surface area contributed by atoms with Crippen LogP contribution in [0.3, 0.4) is 0 Å². The van der Waals surface area contributed by atoms with E-state index in [9.17, 15) is 14.3 Å². The Morgan fingerprint density at radius 2 is 2.32 bits per heavy atom. The Morgan fingerprint density at radius 1 is 1.58 bits per heavy atom. The highest BCUT2D eigenvalue weighted by molar-refractivity contribution is 9.10. The summed E-state index contributed by atoms with van der Waals surface area (Å²) in [5.41, 5.74) is 0.523. The normalized spacial score (nSPS) is 12.2. The molecule has 0 aliphatic rings. The standard InChI is InChI=1S/C13H17BrFNO3/c1-19-13(18)5-3-11(17)8-16-7-9-6-10(14)2-4-12(9)15/h2,4,6,11,16-17H,3,5,7-8H2,1H3. The van der Waals surface area contributed by atoms with Crippen molar-refractivity contribution in [3.8, 4) is 0 Å². The largest absolute Gasteiger partial charge is 0.469 e. The van der Waals surface area contributed by atoms with E-state index in [1.54, 1.807) is 12.1 Å². The number of carbonyl (C=O) groups is 1. The molecule has 0 amide bonds. The van der Waals surface area contributed by atoms with Crippen LogP contribution >= 0.6 is 15.9 Å². The fourth-order valence-corrected chi connectivity index (χ4v) is 1.95. The van der Waals surface area contributed by atoms with E-state index in [0.717, 1.165) is 4.47 Å². The van der Waals surface area contributed by atoms with Gasteiger partial charge < -0.3 is 15.2 Å². The molecule has 0 fully saturated rings. The number of benzene rings is 1. The Balaban J connectivity index is 2.29. The van der Waals surface area contributed by atoms with Crippen LogP contribution in [0.15, 0.2) is 22.7 Å². The minimum absolute atomic E-state index is 0.171. The van der Waals surface area contributed by atoms with Crippen molar-refractivity contribution >= 4 is 21.9 Å². The van der Waals surface area contributed by atoms with Crippen molar-refractivity contribution in [2.45, 2.75) is 25.5 Å². The van der Waals surface area contributed by atoms with Crippen LogP contribution in [0.1, 0.15) is 18.4 Å². The number of esters is 1. The molecule has 106 valence electrons. The summed E-state index contributed by atoms with van der Waals surface area (Å²) in [6.45, 7) is 0.615. The lowest BCUT2D eigenvalue weighted by atomic mass is 10.2. The number of rotatable bonds is 7. The highest BCUT2D eigenvalue weighted by Gasteiger charge is 2.09. The maximum Gasteiger partial charge on any atom is 0.305 e. The van der Waals surface area contributed by atoms with Gasteiger partial charge in [-0.2, -0.15) is 0 Å². The molecule has 1 atom stereocenters. The van der Waals surface area contributed by atoms with Gasteiger partial charge >= 0.3 is 5.97 Å². The zero-order valence-corrected chi connectivity index (χ0v) is 12.2. The average molecular weight is 334 g/mol. The Hall–Kier alpha value is -0.980. The number of aliphatic hydroxyl groups is 1. The van der Waals surface area contributed by atoms with Crippen molar-refractivity contribution in [1.82, 2.24) is 5.32 Å². The molecule has 19 heavy (non-hydrogen) atoms. The van der Waals surface area contributed by atoms with Gasteiger partial charge in [0.15, 0.2) is 0 Å². The first-order chi connectivity index (χ1) is 9.02. The summed E-state index contributed by atoms with van der Waals surface area (Å²) in [5, 5.41) is 12.6. The highest BCUT2D eigenvalue weighted by Crippen LogP contribution is 2.15. The number of aliphatic hydroxyl groups excluding tert-OH is 1. The molecule has 0 spiro atoms. The van der Waals surface area contributed by atoms with Gasteiger partial charge in [-0.05, 0) is 24.6 Å². The van der Waals surface area contributed by atoms with Crippen molar-refractivity contribution in [2.24, 2.45) is 0 Å². The molecule has 0 aliphatic heterocycles. The number of hydrogen-bond donors (Lipinski definition) is 2. The Kier molecular flexibility index (Phi) is 6.97. The SMILES string of the molecule is COC(=O)CCC(O)CNCc1cc(Br)ccc1F. The number of halogens is 2. The third-order valence-electron chi connectivity index (χ3n) is 2.61. The minimum atomic E-state index is -0.658. The lowest BCUT2D eigenvalue weighted by Gasteiger charge is -2.11. The molecular weight excluding hydrogens is 317 g/mol. The first-order valence-electron chi connectivity index (χ1n) is 5.92. The average Bonchev–Trinajstić information content (AvgIpc) is 2.40. The van der Waals surface area contributed by atoms with E-state index in [1.807, 2.05) is 0 Å². The highest BCUT2D eigenvalue weighted by atomic mass is 79.9. The van der Waals surface area contributed by atoms with Gasteiger partial charge in [0.05, 0.1) is 13.2 Å². The third-order valence-corrected chi connectivity index (χ3v) is 3.11. The molecule has 0 aromatic heterocycles. The summed E-state index contributed by atoms with van der Waals surface area (Å²) in [4.78, 5) is 10.9. The van der Waals surface area contributed by atoms with E-state index in [-0.39, 0.29) is 18.2 Å². The summed E-state index contributed by atoms with van der Waals surface area (Å²) in [5.74, 6) is -0.642. The monoisotopic (exact) mass is 333 g/mol. The molecular formula is C13H17BrFNO3. The molecule has 6 heteroatoms. The van der Waals surface area contributed by atoms with E-state index in [4.69, 9.17) is 0 Å². The molecule has 0 radical (unpaired) electrons. The predicted molar refractivity (Wildman–Crippen MR) is 73.1 cm³/mol. The second kappa shape index (κ2) is 8.24. The Morgan fingerprint density at radius 3 is 3.00 bits per heavy atom. The second-order valence-electron chi connectivity index (χ2n) is 4.14. The van der Waals surface area contributed by atoms with E-state index < -0.39 is 6.10 Å². The number of hydrogen-bond acceptors (Lipinski definition) is 4. The van der Waals surface area contributed by atoms with Crippen LogP contribution in [0.25, 0.3) is 0 Å². The lowest BCUT2D eigenvalue weighted by molar-refractivity contribution is -0.141. The molecule has 0 saturated heterocycles. The fourth-order valence-electron chi connectivity index (χ4n) is 1.54. The molecule has 0 saturated carbocycles. The van der Waals surface area contributed by atoms with E-state index in [0.29, 0.717) is 25.1 Å². The van der Waals surface area contributed by atoms with E-state index >= 15 is 0 Å². The van der Waals surface area contributed by atoms with Crippen LogP contribution in [0.4, 0.5) is 4.39 Å². The van der Waals surface area contributed by atoms with Crippen LogP contribution < -0.4 is 5.32 Å². The molecule has 0 aliphatic carbocycles. The molecule has 2 N–H and O–H groups in total. The van der Waals surface area contributed by atoms with Gasteiger partial charge in [-0.3, -0.25) is 4.79 Å². The predicted octanol–water partition coefficient (Wildman–Crippen LogP) is 1.99. The van der Waals surface area contributed by atoms with Crippen molar-refractivity contribution in [3.63, 3.8) is 0 Å². The number of nitrogens with one attached hydrogen (secondary N) is 1. The Labute approximate surface area is 120 Å². The van der Waals surface area contributed by atoms with Crippen molar-refractivity contribution in [2.75, 3.05) is 13.7 Å². The first-order valence-corrected chi connectivity index (χ1v) is 6.71. The maximum absolute atomic E-state index is 13.4. The third kappa shape index (κ3) is 6.13.